The maximum atomic E-state index is 6.28. The standard InChI is InChI=1S/C41H62O9/c1-41-17-16-37-36-13-12-35(49-30-42-2)28-34(36)27-33(40(37)38(41)14-15-39(41)50-31-43-3)11-7-8-18-44-19-20-45-21-22-46-23-24-47-25-26-48-29-32-9-5-4-6-10-32/h4-6,9-10,12-13,28,33,37-40H,7-8,11,14-27,29-31H2,1-3H3/t33?,37?,38-,39-,40?,41?/m0/s1. The minimum absolute atomic E-state index is 0.219. The highest BCUT2D eigenvalue weighted by Gasteiger charge is 2.57. The fourth-order valence-electron chi connectivity index (χ4n) is 8.90. The van der Waals surface area contributed by atoms with Crippen molar-refractivity contribution in [3.63, 3.8) is 0 Å². The highest BCUT2D eigenvalue weighted by Crippen LogP contribution is 2.63. The van der Waals surface area contributed by atoms with Gasteiger partial charge in [0.1, 0.15) is 12.5 Å². The molecule has 50 heavy (non-hydrogen) atoms. The average molecular weight is 699 g/mol. The molecule has 2 aromatic carbocycles. The molecule has 4 unspecified atom stereocenters. The van der Waals surface area contributed by atoms with Crippen LogP contribution in [0.3, 0.4) is 0 Å². The first kappa shape index (κ1) is 39.1. The Morgan fingerprint density at radius 3 is 2.08 bits per heavy atom. The van der Waals surface area contributed by atoms with Gasteiger partial charge in [-0.1, -0.05) is 49.7 Å². The molecule has 0 aromatic heterocycles. The summed E-state index contributed by atoms with van der Waals surface area (Å²) in [4.78, 5) is 0. The van der Waals surface area contributed by atoms with Crippen LogP contribution in [0.5, 0.6) is 5.75 Å². The van der Waals surface area contributed by atoms with Crippen molar-refractivity contribution in [2.45, 2.75) is 76.9 Å². The van der Waals surface area contributed by atoms with Crippen LogP contribution in [0.1, 0.15) is 74.5 Å². The molecule has 9 nitrogen and oxygen atoms in total. The largest absolute Gasteiger partial charge is 0.468 e. The molecule has 0 bridgehead atoms. The van der Waals surface area contributed by atoms with Crippen molar-refractivity contribution in [1.29, 1.82) is 0 Å². The average Bonchev–Trinajstić information content (AvgIpc) is 3.48. The monoisotopic (exact) mass is 698 g/mol. The second-order valence-electron chi connectivity index (χ2n) is 14.3. The number of ether oxygens (including phenoxy) is 9. The van der Waals surface area contributed by atoms with E-state index in [4.69, 9.17) is 42.6 Å². The Balaban J connectivity index is 0.954. The summed E-state index contributed by atoms with van der Waals surface area (Å²) >= 11 is 0. The van der Waals surface area contributed by atoms with E-state index >= 15 is 0 Å². The SMILES string of the molecule is COCOc1ccc2c(c1)CC(CCCCOCCOCCOCCOCCOCc1ccccc1)C1C2CCC2(C)[C@@H](OCOC)CC[C@@H]12. The summed E-state index contributed by atoms with van der Waals surface area (Å²) in [5.74, 6) is 3.53. The lowest BCUT2D eigenvalue weighted by molar-refractivity contribution is -0.128. The van der Waals surface area contributed by atoms with E-state index in [0.29, 0.717) is 89.9 Å². The van der Waals surface area contributed by atoms with E-state index in [1.54, 1.807) is 19.8 Å². The van der Waals surface area contributed by atoms with E-state index in [9.17, 15) is 0 Å². The van der Waals surface area contributed by atoms with Crippen molar-refractivity contribution in [3.05, 3.63) is 65.2 Å². The molecule has 5 rings (SSSR count). The second kappa shape index (κ2) is 21.4. The van der Waals surface area contributed by atoms with Crippen molar-refractivity contribution >= 4 is 0 Å². The topological polar surface area (TPSA) is 83.1 Å². The van der Waals surface area contributed by atoms with Crippen LogP contribution in [0.4, 0.5) is 0 Å². The molecule has 3 aliphatic rings. The number of hydrogen-bond acceptors (Lipinski definition) is 9. The third-order valence-corrected chi connectivity index (χ3v) is 11.2. The summed E-state index contributed by atoms with van der Waals surface area (Å²) in [5.41, 5.74) is 4.40. The van der Waals surface area contributed by atoms with Gasteiger partial charge in [-0.3, -0.25) is 0 Å². The maximum Gasteiger partial charge on any atom is 0.188 e. The molecule has 2 fully saturated rings. The molecule has 0 amide bonds. The Hall–Kier alpha value is -2.08. The number of unbranched alkanes of at least 4 members (excludes halogenated alkanes) is 1. The van der Waals surface area contributed by atoms with Crippen molar-refractivity contribution in [1.82, 2.24) is 0 Å². The molecule has 9 heteroatoms. The van der Waals surface area contributed by atoms with Gasteiger partial charge < -0.3 is 42.6 Å². The second-order valence-corrected chi connectivity index (χ2v) is 14.3. The van der Waals surface area contributed by atoms with Crippen LogP contribution in [-0.4, -0.2) is 93.4 Å². The lowest BCUT2D eigenvalue weighted by Crippen LogP contribution is -2.47. The third-order valence-electron chi connectivity index (χ3n) is 11.2. The molecule has 0 heterocycles. The first-order chi connectivity index (χ1) is 24.6. The fourth-order valence-corrected chi connectivity index (χ4v) is 8.90. The van der Waals surface area contributed by atoms with Crippen molar-refractivity contribution in [3.8, 4) is 5.75 Å². The Morgan fingerprint density at radius 2 is 1.38 bits per heavy atom. The maximum absolute atomic E-state index is 6.28. The molecular weight excluding hydrogens is 636 g/mol. The van der Waals surface area contributed by atoms with E-state index < -0.39 is 0 Å². The van der Waals surface area contributed by atoms with Crippen molar-refractivity contribution in [2.75, 3.05) is 87.3 Å². The Kier molecular flexibility index (Phi) is 16.8. The van der Waals surface area contributed by atoms with Gasteiger partial charge in [0.2, 0.25) is 0 Å². The predicted octanol–water partition coefficient (Wildman–Crippen LogP) is 7.19. The van der Waals surface area contributed by atoms with Gasteiger partial charge in [-0.15, -0.1) is 0 Å². The highest BCUT2D eigenvalue weighted by molar-refractivity contribution is 5.41. The van der Waals surface area contributed by atoms with Gasteiger partial charge in [0.15, 0.2) is 6.79 Å². The normalized spacial score (nSPS) is 25.6. The van der Waals surface area contributed by atoms with Crippen LogP contribution in [0.25, 0.3) is 0 Å². The summed E-state index contributed by atoms with van der Waals surface area (Å²) < 4.78 is 51.1. The Bertz CT molecular complexity index is 1210. The predicted molar refractivity (Wildman–Crippen MR) is 192 cm³/mol. The van der Waals surface area contributed by atoms with Gasteiger partial charge in [-0.05, 0) is 103 Å². The zero-order chi connectivity index (χ0) is 34.9. The molecule has 0 saturated heterocycles. The van der Waals surface area contributed by atoms with Crippen molar-refractivity contribution < 1.29 is 42.6 Å². The first-order valence-corrected chi connectivity index (χ1v) is 18.9. The first-order valence-electron chi connectivity index (χ1n) is 18.9. The molecule has 0 spiro atoms. The Labute approximate surface area is 300 Å². The lowest BCUT2D eigenvalue weighted by Gasteiger charge is -2.53. The molecule has 0 aliphatic heterocycles. The van der Waals surface area contributed by atoms with Gasteiger partial charge in [-0.2, -0.15) is 0 Å². The minimum atomic E-state index is 0.219. The summed E-state index contributed by atoms with van der Waals surface area (Å²) in [6.07, 6.45) is 9.69. The van der Waals surface area contributed by atoms with Crippen LogP contribution in [0.2, 0.25) is 0 Å². The minimum Gasteiger partial charge on any atom is -0.468 e. The smallest absolute Gasteiger partial charge is 0.188 e. The summed E-state index contributed by atoms with van der Waals surface area (Å²) in [5, 5.41) is 0. The van der Waals surface area contributed by atoms with Crippen LogP contribution < -0.4 is 4.74 Å². The molecule has 280 valence electrons. The molecule has 0 radical (unpaired) electrons. The molecule has 3 aliphatic carbocycles. The zero-order valence-electron chi connectivity index (χ0n) is 30.8. The van der Waals surface area contributed by atoms with Crippen LogP contribution in [0, 0.1) is 23.2 Å². The van der Waals surface area contributed by atoms with E-state index in [1.807, 2.05) is 18.2 Å². The number of benzene rings is 2. The van der Waals surface area contributed by atoms with Gasteiger partial charge in [0, 0.05) is 20.8 Å². The van der Waals surface area contributed by atoms with Gasteiger partial charge >= 0.3 is 0 Å². The van der Waals surface area contributed by atoms with Gasteiger partial charge in [-0.25, -0.2) is 0 Å². The summed E-state index contributed by atoms with van der Waals surface area (Å²) in [7, 11) is 3.39. The highest BCUT2D eigenvalue weighted by atomic mass is 16.7. The number of rotatable bonds is 25. The molecule has 0 N–H and O–H groups in total. The van der Waals surface area contributed by atoms with Crippen LogP contribution >= 0.6 is 0 Å². The Morgan fingerprint density at radius 1 is 0.700 bits per heavy atom. The lowest BCUT2D eigenvalue weighted by atomic mass is 9.52. The van der Waals surface area contributed by atoms with Gasteiger partial charge in [0.25, 0.3) is 0 Å². The number of fused-ring (bicyclic) bond motifs is 5. The number of hydrogen-bond donors (Lipinski definition) is 0. The van der Waals surface area contributed by atoms with Crippen LogP contribution in [0.15, 0.2) is 48.5 Å². The third kappa shape index (κ3) is 11.2. The molecule has 2 saturated carbocycles. The quantitative estimate of drug-likeness (QED) is 0.0791. The zero-order valence-corrected chi connectivity index (χ0v) is 30.8. The fraction of sp³-hybridized carbons (Fsp3) is 0.707. The van der Waals surface area contributed by atoms with E-state index in [0.717, 1.165) is 31.6 Å². The number of methoxy groups -OCH3 is 2. The van der Waals surface area contributed by atoms with Crippen LogP contribution in [-0.2, 0) is 50.9 Å². The summed E-state index contributed by atoms with van der Waals surface area (Å²) in [6.45, 7) is 9.11. The van der Waals surface area contributed by atoms with Gasteiger partial charge in [0.05, 0.1) is 65.6 Å². The van der Waals surface area contributed by atoms with Crippen molar-refractivity contribution in [2.24, 2.45) is 23.2 Å². The van der Waals surface area contributed by atoms with E-state index in [2.05, 4.69) is 37.3 Å². The van der Waals surface area contributed by atoms with E-state index in [1.165, 1.54) is 43.2 Å². The molecule has 2 aromatic rings. The van der Waals surface area contributed by atoms with E-state index in [-0.39, 0.29) is 18.3 Å². The molecular formula is C41H62O9. The summed E-state index contributed by atoms with van der Waals surface area (Å²) in [6, 6.07) is 16.9. The molecule has 6 atom stereocenters.